The summed E-state index contributed by atoms with van der Waals surface area (Å²) in [5, 5.41) is 8.41. The number of benzene rings is 4. The van der Waals surface area contributed by atoms with Crippen LogP contribution >= 0.6 is 10.7 Å². The molecular formula is C32H33ClN8O4S2. The van der Waals surface area contributed by atoms with E-state index in [1.165, 1.54) is 16.8 Å². The van der Waals surface area contributed by atoms with E-state index in [4.69, 9.17) is 16.4 Å². The van der Waals surface area contributed by atoms with Gasteiger partial charge < -0.3 is 5.73 Å². The fraction of sp³-hybridized carbons (Fsp3) is 0.125. The van der Waals surface area contributed by atoms with Crippen LogP contribution < -0.4 is 10.5 Å². The number of aryl methyl sites for hydroxylation is 4. The number of rotatable bonds is 6. The lowest BCUT2D eigenvalue weighted by Gasteiger charge is -2.06. The zero-order valence-corrected chi connectivity index (χ0v) is 28.4. The van der Waals surface area contributed by atoms with Crippen molar-refractivity contribution in [3.63, 3.8) is 0 Å². The van der Waals surface area contributed by atoms with E-state index in [0.717, 1.165) is 22.3 Å². The maximum absolute atomic E-state index is 12.4. The molecule has 2 aromatic heterocycles. The molecule has 4 aromatic carbocycles. The lowest BCUT2D eigenvalue weighted by molar-refractivity contribution is 0.599. The normalized spacial score (nSPS) is 11.1. The van der Waals surface area contributed by atoms with Crippen LogP contribution in [0.2, 0.25) is 0 Å². The smallest absolute Gasteiger partial charge is 0.264 e. The van der Waals surface area contributed by atoms with Gasteiger partial charge >= 0.3 is 0 Å². The van der Waals surface area contributed by atoms with Gasteiger partial charge in [-0.25, -0.2) is 30.9 Å². The molecule has 0 fully saturated rings. The first-order valence-electron chi connectivity index (χ1n) is 14.0. The molecule has 15 heteroatoms. The van der Waals surface area contributed by atoms with E-state index < -0.39 is 19.1 Å². The number of sulfonamides is 1. The lowest BCUT2D eigenvalue weighted by Crippen LogP contribution is -2.16. The van der Waals surface area contributed by atoms with E-state index in [-0.39, 0.29) is 15.7 Å². The van der Waals surface area contributed by atoms with Gasteiger partial charge in [0.1, 0.15) is 0 Å². The summed E-state index contributed by atoms with van der Waals surface area (Å²) in [7, 11) is 1.26. The summed E-state index contributed by atoms with van der Waals surface area (Å²) in [6.45, 7) is 3.78. The summed E-state index contributed by atoms with van der Waals surface area (Å²) in [4.78, 5) is 8.71. The highest BCUT2D eigenvalue weighted by molar-refractivity contribution is 8.13. The van der Waals surface area contributed by atoms with Crippen molar-refractivity contribution in [1.29, 1.82) is 0 Å². The minimum absolute atomic E-state index is 0.143. The number of nitrogens with one attached hydrogen (secondary N) is 1. The molecular weight excluding hydrogens is 660 g/mol. The summed E-state index contributed by atoms with van der Waals surface area (Å²) in [5.74, 6) is 1.73. The molecule has 3 N–H and O–H groups in total. The summed E-state index contributed by atoms with van der Waals surface area (Å²) < 4.78 is 51.7. The van der Waals surface area contributed by atoms with Gasteiger partial charge in [0.05, 0.1) is 9.79 Å². The van der Waals surface area contributed by atoms with Gasteiger partial charge in [0.2, 0.25) is 11.9 Å². The van der Waals surface area contributed by atoms with Crippen LogP contribution in [0.3, 0.4) is 0 Å². The van der Waals surface area contributed by atoms with Crippen molar-refractivity contribution in [3.05, 3.63) is 120 Å². The standard InChI is InChI=1S/C16H16N4O2S.C9H10N4.C7H7ClO2S/c1-12-8-10-14(11-9-12)23(21,22)19-16-17-15(18-20(16)2)13-6-4-3-5-7-13;1-13-9(10)11-8(12-13)7-5-3-2-4-6-7;1-6-2-4-7(5-3-6)11(8,9)10/h3-11H,1-2H3,(H,17,18,19);2-6H,1H3,(H2,10,11,12);2-5H,1H3. The van der Waals surface area contributed by atoms with Gasteiger partial charge in [-0.2, -0.15) is 9.97 Å². The Morgan fingerprint density at radius 2 is 1.04 bits per heavy atom. The molecule has 244 valence electrons. The number of hydrogen-bond donors (Lipinski definition) is 2. The molecule has 47 heavy (non-hydrogen) atoms. The maximum atomic E-state index is 12.4. The first kappa shape index (κ1) is 34.8. The molecule has 0 aliphatic heterocycles. The summed E-state index contributed by atoms with van der Waals surface area (Å²) in [6.07, 6.45) is 0. The minimum Gasteiger partial charge on any atom is -0.368 e. The SMILES string of the molecule is Cc1ccc(S(=O)(=O)Cl)cc1.Cc1ccc(S(=O)(=O)Nc2nc(-c3ccccc3)nn2C)cc1.Cn1nc(-c2ccccc2)nc1N. The average Bonchev–Trinajstić information content (AvgIpc) is 3.58. The molecule has 6 rings (SSSR count). The number of nitrogens with zero attached hydrogens (tertiary/aromatic N) is 6. The van der Waals surface area contributed by atoms with Crippen molar-refractivity contribution in [2.24, 2.45) is 14.1 Å². The second-order valence-corrected chi connectivity index (χ2v) is 14.4. The van der Waals surface area contributed by atoms with E-state index in [0.29, 0.717) is 17.6 Å². The Balaban J connectivity index is 0.000000176. The van der Waals surface area contributed by atoms with E-state index in [2.05, 4.69) is 24.9 Å². The molecule has 2 heterocycles. The molecule has 0 unspecified atom stereocenters. The Kier molecular flexibility index (Phi) is 11.1. The van der Waals surface area contributed by atoms with Crippen LogP contribution in [0.4, 0.5) is 11.9 Å². The van der Waals surface area contributed by atoms with Crippen LogP contribution in [0.15, 0.2) is 119 Å². The predicted octanol–water partition coefficient (Wildman–Crippen LogP) is 5.58. The molecule has 0 amide bonds. The van der Waals surface area contributed by atoms with Crippen LogP contribution in [0.25, 0.3) is 22.8 Å². The molecule has 0 bridgehead atoms. The first-order chi connectivity index (χ1) is 22.2. The molecule has 0 aliphatic carbocycles. The third-order valence-corrected chi connectivity index (χ3v) is 9.20. The van der Waals surface area contributed by atoms with Crippen LogP contribution in [0.5, 0.6) is 0 Å². The third kappa shape index (κ3) is 9.72. The molecule has 12 nitrogen and oxygen atoms in total. The third-order valence-electron chi connectivity index (χ3n) is 6.48. The topological polar surface area (TPSA) is 168 Å². The number of hydrogen-bond acceptors (Lipinski definition) is 9. The molecule has 0 saturated carbocycles. The van der Waals surface area contributed by atoms with E-state index in [1.807, 2.05) is 74.5 Å². The van der Waals surface area contributed by atoms with Crippen molar-refractivity contribution in [2.45, 2.75) is 23.6 Å². The zero-order valence-electron chi connectivity index (χ0n) is 26.0. The van der Waals surface area contributed by atoms with Crippen molar-refractivity contribution >= 4 is 41.7 Å². The predicted molar refractivity (Wildman–Crippen MR) is 183 cm³/mol. The summed E-state index contributed by atoms with van der Waals surface area (Å²) in [5.41, 5.74) is 9.37. The Morgan fingerprint density at radius 3 is 1.47 bits per heavy atom. The van der Waals surface area contributed by atoms with E-state index >= 15 is 0 Å². The monoisotopic (exact) mass is 692 g/mol. The number of aromatic nitrogens is 6. The molecule has 0 radical (unpaired) electrons. The number of anilines is 2. The fourth-order valence-electron chi connectivity index (χ4n) is 3.89. The van der Waals surface area contributed by atoms with Gasteiger partial charge in [0.15, 0.2) is 11.6 Å². The average molecular weight is 693 g/mol. The summed E-state index contributed by atoms with van der Waals surface area (Å²) >= 11 is 0. The van der Waals surface area contributed by atoms with Gasteiger partial charge in [-0.05, 0) is 38.1 Å². The highest BCUT2D eigenvalue weighted by Gasteiger charge is 2.18. The molecule has 0 saturated heterocycles. The second kappa shape index (κ2) is 15.0. The number of halogens is 1. The van der Waals surface area contributed by atoms with Gasteiger partial charge in [-0.15, -0.1) is 10.2 Å². The lowest BCUT2D eigenvalue weighted by atomic mass is 10.2. The Hall–Kier alpha value is -5.05. The van der Waals surface area contributed by atoms with E-state index in [1.54, 1.807) is 55.2 Å². The van der Waals surface area contributed by atoms with Gasteiger partial charge in [-0.1, -0.05) is 96.1 Å². The summed E-state index contributed by atoms with van der Waals surface area (Å²) in [6, 6.07) is 32.1. The Bertz CT molecular complexity index is 2120. The maximum Gasteiger partial charge on any atom is 0.264 e. The van der Waals surface area contributed by atoms with Crippen LogP contribution in [0.1, 0.15) is 11.1 Å². The highest BCUT2D eigenvalue weighted by atomic mass is 35.7. The van der Waals surface area contributed by atoms with Crippen molar-refractivity contribution in [2.75, 3.05) is 10.5 Å². The second-order valence-electron chi connectivity index (χ2n) is 10.2. The molecule has 0 spiro atoms. The minimum atomic E-state index is -3.69. The quantitative estimate of drug-likeness (QED) is 0.212. The molecule has 6 aromatic rings. The van der Waals surface area contributed by atoms with Crippen LogP contribution in [-0.4, -0.2) is 46.4 Å². The van der Waals surface area contributed by atoms with Crippen molar-refractivity contribution < 1.29 is 16.8 Å². The van der Waals surface area contributed by atoms with E-state index in [9.17, 15) is 16.8 Å². The number of nitrogens with two attached hydrogens (primary N) is 1. The zero-order chi connectivity index (χ0) is 34.2. The van der Waals surface area contributed by atoms with Crippen LogP contribution in [-0.2, 0) is 33.2 Å². The van der Waals surface area contributed by atoms with Gasteiger partial charge in [0.25, 0.3) is 19.1 Å². The largest absolute Gasteiger partial charge is 0.368 e. The molecule has 0 atom stereocenters. The fourth-order valence-corrected chi connectivity index (χ4v) is 5.69. The van der Waals surface area contributed by atoms with Crippen LogP contribution in [0, 0.1) is 13.8 Å². The molecule has 0 aliphatic rings. The number of nitrogen functional groups attached to an aromatic ring is 1. The Morgan fingerprint density at radius 1 is 0.617 bits per heavy atom. The first-order valence-corrected chi connectivity index (χ1v) is 17.8. The van der Waals surface area contributed by atoms with Gasteiger partial charge in [0, 0.05) is 35.9 Å². The Labute approximate surface area is 278 Å². The highest BCUT2D eigenvalue weighted by Crippen LogP contribution is 2.20. The van der Waals surface area contributed by atoms with Crippen molar-refractivity contribution in [3.8, 4) is 22.8 Å². The van der Waals surface area contributed by atoms with Gasteiger partial charge in [-0.3, -0.25) is 0 Å². The van der Waals surface area contributed by atoms with Crippen molar-refractivity contribution in [1.82, 2.24) is 29.5 Å².